The van der Waals surface area contributed by atoms with E-state index in [4.69, 9.17) is 24.7 Å². The van der Waals surface area contributed by atoms with Crippen molar-refractivity contribution in [2.75, 3.05) is 26.1 Å². The van der Waals surface area contributed by atoms with E-state index in [1.165, 1.54) is 12.0 Å². The molecule has 1 aliphatic carbocycles. The molecule has 1 saturated carbocycles. The van der Waals surface area contributed by atoms with Crippen LogP contribution in [0, 0.1) is 29.6 Å². The molecule has 6 N–H and O–H groups in total. The molecule has 1 amide bonds. The molecule has 15 atom stereocenters. The van der Waals surface area contributed by atoms with Gasteiger partial charge in [-0.05, 0) is 121 Å². The van der Waals surface area contributed by atoms with Crippen molar-refractivity contribution in [2.45, 2.75) is 186 Å². The third kappa shape index (κ3) is 15.2. The molecule has 4 aliphatic rings. The molecule has 0 aromatic carbocycles. The van der Waals surface area contributed by atoms with Gasteiger partial charge in [0, 0.05) is 51.0 Å². The number of cyclic esters (lactones) is 1. The summed E-state index contributed by atoms with van der Waals surface area (Å²) in [5.74, 6) is -5.96. The van der Waals surface area contributed by atoms with E-state index in [9.17, 15) is 34.5 Å². The van der Waals surface area contributed by atoms with Crippen molar-refractivity contribution in [1.82, 2.24) is 14.9 Å². The lowest BCUT2D eigenvalue weighted by atomic mass is 9.78. The maximum Gasteiger partial charge on any atom is 0.329 e. The highest BCUT2D eigenvalue weighted by atomic mass is 16.6. The van der Waals surface area contributed by atoms with Crippen molar-refractivity contribution in [3.05, 3.63) is 66.2 Å². The quantitative estimate of drug-likeness (QED) is 0.121. The number of esters is 1. The number of methoxy groups -OCH3 is 2. The number of piperidine rings is 1. The number of aromatic nitrogens is 2. The Hall–Kier alpha value is -4.16. The Morgan fingerprint density at radius 1 is 0.913 bits per heavy atom. The molecule has 69 heavy (non-hydrogen) atoms. The van der Waals surface area contributed by atoms with Crippen LogP contribution in [0.1, 0.15) is 125 Å². The molecule has 16 nitrogen and oxygen atoms in total. The number of aliphatic hydroxyl groups is 3. The Labute approximate surface area is 409 Å². The van der Waals surface area contributed by atoms with Gasteiger partial charge in [0.2, 0.25) is 5.79 Å². The van der Waals surface area contributed by atoms with Gasteiger partial charge in [0.1, 0.15) is 30.2 Å². The van der Waals surface area contributed by atoms with Gasteiger partial charge in [-0.2, -0.15) is 0 Å². The van der Waals surface area contributed by atoms with E-state index in [-0.39, 0.29) is 48.6 Å². The minimum absolute atomic E-state index is 0.0241. The maximum atomic E-state index is 14.4. The lowest BCUT2D eigenvalue weighted by molar-refractivity contribution is -0.263. The van der Waals surface area contributed by atoms with Gasteiger partial charge in [0.15, 0.2) is 5.78 Å². The molecule has 16 heteroatoms. The number of anilines is 1. The summed E-state index contributed by atoms with van der Waals surface area (Å²) in [7, 11) is 3.00. The first kappa shape index (κ1) is 55.8. The predicted octanol–water partition coefficient (Wildman–Crippen LogP) is 5.95. The molecule has 0 spiro atoms. The smallest absolute Gasteiger partial charge is 0.329 e. The number of Topliss-reactive ketones (excluding diaryl/α,β-unsaturated/α-hetero) is 2. The van der Waals surface area contributed by atoms with E-state index in [2.05, 4.69) is 15.3 Å². The lowest BCUT2D eigenvalue weighted by Crippen LogP contribution is -2.61. The minimum atomic E-state index is -2.44. The summed E-state index contributed by atoms with van der Waals surface area (Å²) >= 11 is 0. The van der Waals surface area contributed by atoms with Gasteiger partial charge < -0.3 is 50.2 Å². The molecular formula is C53H81N5O11. The number of nitrogens with one attached hydrogen (secondary N) is 1. The summed E-state index contributed by atoms with van der Waals surface area (Å²) in [6.07, 6.45) is 18.3. The van der Waals surface area contributed by atoms with E-state index in [0.717, 1.165) is 12.0 Å². The first-order valence-electron chi connectivity index (χ1n) is 25.3. The number of fused-ring (bicyclic) bond motifs is 3. The number of rotatable bonds is 7. The fourth-order valence-electron chi connectivity index (χ4n) is 10.6. The molecule has 2 unspecified atom stereocenters. The van der Waals surface area contributed by atoms with Gasteiger partial charge in [0.05, 0.1) is 30.6 Å². The van der Waals surface area contributed by atoms with Crippen LogP contribution < -0.4 is 11.1 Å². The van der Waals surface area contributed by atoms with Crippen LogP contribution in [0.5, 0.6) is 0 Å². The highest BCUT2D eigenvalue weighted by Gasteiger charge is 2.53. The van der Waals surface area contributed by atoms with Crippen molar-refractivity contribution >= 4 is 29.3 Å². The summed E-state index contributed by atoms with van der Waals surface area (Å²) in [5, 5.41) is 37.5. The van der Waals surface area contributed by atoms with Gasteiger partial charge in [-0.3, -0.25) is 19.4 Å². The van der Waals surface area contributed by atoms with Crippen molar-refractivity contribution in [2.24, 2.45) is 35.3 Å². The summed E-state index contributed by atoms with van der Waals surface area (Å²) < 4.78 is 23.9. The van der Waals surface area contributed by atoms with Crippen LogP contribution in [0.15, 0.2) is 66.2 Å². The van der Waals surface area contributed by atoms with Crippen LogP contribution in [0.4, 0.5) is 5.82 Å². The monoisotopic (exact) mass is 964 g/mol. The molecule has 1 aromatic heterocycles. The van der Waals surface area contributed by atoms with Crippen LogP contribution >= 0.6 is 0 Å². The van der Waals surface area contributed by atoms with E-state index in [0.29, 0.717) is 82.0 Å². The normalized spacial score (nSPS) is 38.6. The zero-order chi connectivity index (χ0) is 50.4. The number of hydrogen-bond donors (Lipinski definition) is 5. The average molecular weight is 964 g/mol. The van der Waals surface area contributed by atoms with E-state index in [1.54, 1.807) is 45.6 Å². The first-order valence-corrected chi connectivity index (χ1v) is 25.3. The largest absolute Gasteiger partial charge is 0.461 e. The molecule has 3 aliphatic heterocycles. The Kier molecular flexibility index (Phi) is 21.3. The topological polar surface area (TPSA) is 233 Å². The number of carbonyl (C=O) groups is 4. The fraction of sp³-hybridized carbons (Fsp3) is 0.698. The number of ketones is 2. The third-order valence-corrected chi connectivity index (χ3v) is 15.0. The van der Waals surface area contributed by atoms with Gasteiger partial charge in [-0.15, -0.1) is 0 Å². The van der Waals surface area contributed by atoms with Crippen LogP contribution in [0.3, 0.4) is 0 Å². The molecule has 2 bridgehead atoms. The first-order chi connectivity index (χ1) is 32.9. The summed E-state index contributed by atoms with van der Waals surface area (Å²) in [5.41, 5.74) is 8.08. The highest BCUT2D eigenvalue weighted by Crippen LogP contribution is 2.38. The number of aliphatic hydroxyl groups excluding tert-OH is 2. The summed E-state index contributed by atoms with van der Waals surface area (Å²) in [4.78, 5) is 66.9. The zero-order valence-corrected chi connectivity index (χ0v) is 42.2. The predicted molar refractivity (Wildman–Crippen MR) is 262 cm³/mol. The molecule has 384 valence electrons. The van der Waals surface area contributed by atoms with Crippen LogP contribution in [0.25, 0.3) is 0 Å². The molecule has 0 radical (unpaired) electrons. The lowest BCUT2D eigenvalue weighted by Gasteiger charge is -2.43. The van der Waals surface area contributed by atoms with Crippen LogP contribution in [-0.4, -0.2) is 135 Å². The number of hydrogen-bond acceptors (Lipinski definition) is 15. The van der Waals surface area contributed by atoms with Gasteiger partial charge in [0.25, 0.3) is 11.7 Å². The van der Waals surface area contributed by atoms with Crippen molar-refractivity contribution in [1.29, 1.82) is 0 Å². The van der Waals surface area contributed by atoms with Crippen LogP contribution in [0.2, 0.25) is 0 Å². The second-order valence-corrected chi connectivity index (χ2v) is 20.4. The summed E-state index contributed by atoms with van der Waals surface area (Å²) in [6.45, 7) is 11.4. The Balaban J connectivity index is 1.47. The molecule has 3 fully saturated rings. The van der Waals surface area contributed by atoms with E-state index in [1.807, 2.05) is 58.1 Å². The number of ether oxygens (including phenoxy) is 4. The highest BCUT2D eigenvalue weighted by molar-refractivity contribution is 6.39. The Morgan fingerprint density at radius 2 is 1.68 bits per heavy atom. The Morgan fingerprint density at radius 3 is 2.39 bits per heavy atom. The Bertz CT molecular complexity index is 1980. The molecule has 4 heterocycles. The number of amides is 1. The minimum Gasteiger partial charge on any atom is -0.461 e. The fourth-order valence-corrected chi connectivity index (χ4v) is 10.6. The van der Waals surface area contributed by atoms with Gasteiger partial charge in [-0.25, -0.2) is 9.78 Å². The summed E-state index contributed by atoms with van der Waals surface area (Å²) in [6, 6.07) is -2.03. The molecule has 1 aromatic rings. The molecular weight excluding hydrogens is 883 g/mol. The molecule has 5 rings (SSSR count). The number of allylic oxidation sites excluding steroid dienone is 5. The zero-order valence-electron chi connectivity index (χ0n) is 42.2. The van der Waals surface area contributed by atoms with Gasteiger partial charge in [-0.1, -0.05) is 69.7 Å². The van der Waals surface area contributed by atoms with E-state index >= 15 is 0 Å². The number of nitrogens with two attached hydrogens (primary N) is 1. The molecule has 2 saturated heterocycles. The average Bonchev–Trinajstić information content (AvgIpc) is 3.33. The maximum absolute atomic E-state index is 14.4. The van der Waals surface area contributed by atoms with Crippen LogP contribution in [-0.2, 0) is 38.1 Å². The second kappa shape index (κ2) is 26.3. The van der Waals surface area contributed by atoms with E-state index < -0.39 is 77.9 Å². The van der Waals surface area contributed by atoms with Crippen molar-refractivity contribution < 1.29 is 53.4 Å². The van der Waals surface area contributed by atoms with Crippen molar-refractivity contribution in [3.63, 3.8) is 0 Å². The number of carbonyl (C=O) groups excluding carboxylic acids is 4. The van der Waals surface area contributed by atoms with Crippen molar-refractivity contribution in [3.8, 4) is 0 Å². The SMILES string of the molecule is CO[C@@H]1C[C@H](C[C@@H](C)[C@@H]2CC[C@H](N)/C=C(\C)[C@@H](O)[C@@H](OC)C(=O)[C@H](C)C[C@H](C)/C=C/C=C/C=C(\C)C(Nc3cnccn3)C[C@@H]3CC[C@@H](C)[C@@](O)(O3)C(=O)C(=O)N3CCCCC3C(=O)O2)CC[C@H]1O. The standard InChI is InChI=1S/C53H81N5O11/c1-32-14-10-9-11-15-33(2)41(57-46-31-55-23-24-56-46)30-40-20-17-37(6)53(65,69-40)50(62)51(63)58-25-13-12-16-42(58)52(64)68-44(34(3)27-38-18-21-43(59)45(29-38)66-7)22-19-39(54)28-36(5)48(61)49(67-8)47(60)35(4)26-32/h9-11,14-15,23-24,28,31-32,34-35,37-45,48-49,59,61,65H,12-13,16-22,25-27,29-30,54H2,1-8H3,(H,56,57)/b11-9+,14-10+,33-15+,36-28+/t32-,34-,35-,37-,38+,39+,40+,41?,42?,43-,44+,45-,48-,49+,53-/m1/s1. The second-order valence-electron chi connectivity index (χ2n) is 20.4. The third-order valence-electron chi connectivity index (χ3n) is 15.0. The number of nitrogens with zero attached hydrogens (tertiary/aromatic N) is 3. The van der Waals surface area contributed by atoms with Gasteiger partial charge >= 0.3 is 5.97 Å².